The van der Waals surface area contributed by atoms with E-state index < -0.39 is 6.10 Å². The largest absolute Gasteiger partial charge is 0.489 e. The van der Waals surface area contributed by atoms with Crippen LogP contribution < -0.4 is 10.1 Å². The first-order valence-corrected chi connectivity index (χ1v) is 9.76. The molecule has 2 aliphatic rings. The molecule has 2 aromatic rings. The number of carbonyl (C=O) groups is 1. The Morgan fingerprint density at radius 2 is 2.00 bits per heavy atom. The van der Waals surface area contributed by atoms with E-state index in [1.54, 1.807) is 19.3 Å². The fourth-order valence-electron chi connectivity index (χ4n) is 4.09. The first-order valence-electron chi connectivity index (χ1n) is 9.76. The van der Waals surface area contributed by atoms with Gasteiger partial charge in [-0.1, -0.05) is 17.7 Å². The standard InChI is InChI=1S/C21H26N4O3/c1-14-3-4-18-17(11-14)21(20(27)24-18)5-7-25(8-6-21)9-10-28-16-12-22-19(15(2)26)23-13-16/h3-4,11-13,15,26H,5-10H2,1-2H3,(H,24,27). The molecule has 148 valence electrons. The minimum Gasteiger partial charge on any atom is -0.489 e. The highest BCUT2D eigenvalue weighted by molar-refractivity contribution is 6.06. The number of benzene rings is 1. The number of amides is 1. The number of ether oxygens (including phenoxy) is 1. The molecule has 0 radical (unpaired) electrons. The van der Waals surface area contributed by atoms with Gasteiger partial charge in [-0.15, -0.1) is 0 Å². The maximum atomic E-state index is 12.7. The Bertz CT molecular complexity index is 858. The quantitative estimate of drug-likeness (QED) is 0.824. The number of hydrogen-bond donors (Lipinski definition) is 2. The number of aryl methyl sites for hydroxylation is 1. The molecule has 0 saturated carbocycles. The fraction of sp³-hybridized carbons (Fsp3) is 0.476. The normalized spacial score (nSPS) is 19.3. The molecule has 2 aliphatic heterocycles. The Morgan fingerprint density at radius 3 is 2.68 bits per heavy atom. The van der Waals surface area contributed by atoms with Gasteiger partial charge in [0.05, 0.1) is 17.8 Å². The van der Waals surface area contributed by atoms with E-state index in [1.807, 2.05) is 12.1 Å². The zero-order valence-electron chi connectivity index (χ0n) is 16.3. The van der Waals surface area contributed by atoms with Crippen LogP contribution in [0.25, 0.3) is 0 Å². The molecule has 28 heavy (non-hydrogen) atoms. The molecule has 7 heteroatoms. The van der Waals surface area contributed by atoms with Crippen molar-refractivity contribution in [3.8, 4) is 5.75 Å². The lowest BCUT2D eigenvalue weighted by atomic mass is 9.73. The van der Waals surface area contributed by atoms with Crippen LogP contribution in [-0.4, -0.2) is 52.1 Å². The second kappa shape index (κ2) is 7.48. The highest BCUT2D eigenvalue weighted by atomic mass is 16.5. The molecule has 0 aliphatic carbocycles. The van der Waals surface area contributed by atoms with Crippen molar-refractivity contribution in [2.75, 3.05) is 31.6 Å². The summed E-state index contributed by atoms with van der Waals surface area (Å²) in [4.78, 5) is 23.2. The van der Waals surface area contributed by atoms with Crippen LogP contribution in [0.5, 0.6) is 5.75 Å². The molecule has 1 unspecified atom stereocenters. The van der Waals surface area contributed by atoms with Crippen LogP contribution in [-0.2, 0) is 10.2 Å². The number of fused-ring (bicyclic) bond motifs is 2. The lowest BCUT2D eigenvalue weighted by Crippen LogP contribution is -2.47. The lowest BCUT2D eigenvalue weighted by molar-refractivity contribution is -0.122. The molecule has 1 atom stereocenters. The molecule has 4 rings (SSSR count). The zero-order chi connectivity index (χ0) is 19.7. The van der Waals surface area contributed by atoms with Crippen molar-refractivity contribution in [1.29, 1.82) is 0 Å². The van der Waals surface area contributed by atoms with Crippen molar-refractivity contribution in [2.24, 2.45) is 0 Å². The smallest absolute Gasteiger partial charge is 0.235 e. The topological polar surface area (TPSA) is 87.6 Å². The summed E-state index contributed by atoms with van der Waals surface area (Å²) in [5.41, 5.74) is 2.93. The highest BCUT2D eigenvalue weighted by Gasteiger charge is 2.48. The number of likely N-dealkylation sites (tertiary alicyclic amines) is 1. The molecule has 1 aromatic carbocycles. The Balaban J connectivity index is 1.31. The number of nitrogens with zero attached hydrogens (tertiary/aromatic N) is 3. The fourth-order valence-corrected chi connectivity index (χ4v) is 4.09. The summed E-state index contributed by atoms with van der Waals surface area (Å²) in [7, 11) is 0. The van der Waals surface area contributed by atoms with E-state index in [0.717, 1.165) is 43.7 Å². The van der Waals surface area contributed by atoms with Gasteiger partial charge in [-0.2, -0.15) is 0 Å². The zero-order valence-corrected chi connectivity index (χ0v) is 16.3. The molecule has 3 heterocycles. The van der Waals surface area contributed by atoms with Crippen LogP contribution in [0.15, 0.2) is 30.6 Å². The molecule has 1 spiro atoms. The molecule has 1 aromatic heterocycles. The van der Waals surface area contributed by atoms with E-state index in [0.29, 0.717) is 18.2 Å². The summed E-state index contributed by atoms with van der Waals surface area (Å²) in [5, 5.41) is 12.5. The summed E-state index contributed by atoms with van der Waals surface area (Å²) in [6, 6.07) is 6.22. The average Bonchev–Trinajstić information content (AvgIpc) is 2.95. The van der Waals surface area contributed by atoms with Crippen LogP contribution in [0.2, 0.25) is 0 Å². The number of hydrogen-bond acceptors (Lipinski definition) is 6. The summed E-state index contributed by atoms with van der Waals surface area (Å²) in [6.07, 6.45) is 4.13. The van der Waals surface area contributed by atoms with Gasteiger partial charge < -0.3 is 15.2 Å². The molecule has 7 nitrogen and oxygen atoms in total. The number of aliphatic hydroxyl groups excluding tert-OH is 1. The molecular formula is C21H26N4O3. The third-order valence-corrected chi connectivity index (χ3v) is 5.78. The average molecular weight is 382 g/mol. The third-order valence-electron chi connectivity index (χ3n) is 5.78. The van der Waals surface area contributed by atoms with Gasteiger partial charge in [-0.25, -0.2) is 9.97 Å². The number of piperidine rings is 1. The first-order chi connectivity index (χ1) is 13.5. The number of anilines is 1. The summed E-state index contributed by atoms with van der Waals surface area (Å²) in [6.45, 7) is 6.75. The Labute approximate surface area is 164 Å². The maximum absolute atomic E-state index is 12.7. The molecule has 2 N–H and O–H groups in total. The predicted molar refractivity (Wildman–Crippen MR) is 105 cm³/mol. The monoisotopic (exact) mass is 382 g/mol. The van der Waals surface area contributed by atoms with E-state index in [4.69, 9.17) is 4.74 Å². The van der Waals surface area contributed by atoms with E-state index in [9.17, 15) is 9.90 Å². The van der Waals surface area contributed by atoms with Crippen molar-refractivity contribution >= 4 is 11.6 Å². The number of rotatable bonds is 5. The van der Waals surface area contributed by atoms with Crippen molar-refractivity contribution in [2.45, 2.75) is 38.2 Å². The van der Waals surface area contributed by atoms with Crippen LogP contribution in [0, 0.1) is 6.92 Å². The van der Waals surface area contributed by atoms with Gasteiger partial charge in [0.1, 0.15) is 12.7 Å². The van der Waals surface area contributed by atoms with Crippen molar-refractivity contribution < 1.29 is 14.6 Å². The third kappa shape index (κ3) is 3.47. The molecule has 1 amide bonds. The first kappa shape index (κ1) is 18.8. The number of carbonyl (C=O) groups excluding carboxylic acids is 1. The number of aliphatic hydroxyl groups is 1. The SMILES string of the molecule is Cc1ccc2c(c1)C1(CCN(CCOc3cnc(C(C)O)nc3)CC1)C(=O)N2. The van der Waals surface area contributed by atoms with Crippen LogP contribution in [0.1, 0.15) is 42.8 Å². The van der Waals surface area contributed by atoms with Gasteiger partial charge in [0.25, 0.3) is 0 Å². The van der Waals surface area contributed by atoms with Crippen molar-refractivity contribution in [3.63, 3.8) is 0 Å². The molecule has 1 saturated heterocycles. The summed E-state index contributed by atoms with van der Waals surface area (Å²) < 4.78 is 5.73. The van der Waals surface area contributed by atoms with Crippen LogP contribution in [0.3, 0.4) is 0 Å². The number of aromatic nitrogens is 2. The van der Waals surface area contributed by atoms with Crippen molar-refractivity contribution in [3.05, 3.63) is 47.5 Å². The van der Waals surface area contributed by atoms with Crippen LogP contribution in [0.4, 0.5) is 5.69 Å². The summed E-state index contributed by atoms with van der Waals surface area (Å²) in [5.74, 6) is 1.12. The Hall–Kier alpha value is -2.51. The Morgan fingerprint density at radius 1 is 1.29 bits per heavy atom. The van der Waals surface area contributed by atoms with E-state index in [2.05, 4.69) is 33.2 Å². The predicted octanol–water partition coefficient (Wildman–Crippen LogP) is 2.20. The van der Waals surface area contributed by atoms with Gasteiger partial charge >= 0.3 is 0 Å². The molecule has 1 fully saturated rings. The van der Waals surface area contributed by atoms with Gasteiger partial charge in [0.15, 0.2) is 11.6 Å². The van der Waals surface area contributed by atoms with Gasteiger partial charge in [0, 0.05) is 12.2 Å². The Kier molecular flexibility index (Phi) is 5.03. The van der Waals surface area contributed by atoms with Gasteiger partial charge in [-0.3, -0.25) is 9.69 Å². The van der Waals surface area contributed by atoms with Crippen molar-refractivity contribution in [1.82, 2.24) is 14.9 Å². The van der Waals surface area contributed by atoms with Gasteiger partial charge in [-0.05, 0) is 51.4 Å². The van der Waals surface area contributed by atoms with E-state index >= 15 is 0 Å². The minimum absolute atomic E-state index is 0.138. The van der Waals surface area contributed by atoms with Crippen LogP contribution >= 0.6 is 0 Å². The van der Waals surface area contributed by atoms with Gasteiger partial charge in [0.2, 0.25) is 5.91 Å². The lowest BCUT2D eigenvalue weighted by Gasteiger charge is -2.38. The second-order valence-corrected chi connectivity index (χ2v) is 7.73. The maximum Gasteiger partial charge on any atom is 0.235 e. The van der Waals surface area contributed by atoms with E-state index in [1.165, 1.54) is 5.56 Å². The molecule has 0 bridgehead atoms. The molecular weight excluding hydrogens is 356 g/mol. The highest BCUT2D eigenvalue weighted by Crippen LogP contribution is 2.45. The number of nitrogens with one attached hydrogen (secondary N) is 1. The summed E-state index contributed by atoms with van der Waals surface area (Å²) >= 11 is 0. The minimum atomic E-state index is -0.684. The van der Waals surface area contributed by atoms with E-state index in [-0.39, 0.29) is 11.3 Å². The second-order valence-electron chi connectivity index (χ2n) is 7.73.